The van der Waals surface area contributed by atoms with Crippen LogP contribution >= 0.6 is 0 Å². The highest BCUT2D eigenvalue weighted by Gasteiger charge is 2.15. The normalized spacial score (nSPS) is 18.5. The molecule has 19 heavy (non-hydrogen) atoms. The van der Waals surface area contributed by atoms with Crippen molar-refractivity contribution in [2.75, 3.05) is 19.7 Å². The number of hydrogen-bond acceptors (Lipinski definition) is 3. The highest BCUT2D eigenvalue weighted by molar-refractivity contribution is 5.77. The summed E-state index contributed by atoms with van der Waals surface area (Å²) < 4.78 is 5.64. The summed E-state index contributed by atoms with van der Waals surface area (Å²) in [6.07, 6.45) is 5.73. The van der Waals surface area contributed by atoms with Gasteiger partial charge in [0.25, 0.3) is 0 Å². The molecule has 0 aromatic rings. The van der Waals surface area contributed by atoms with Gasteiger partial charge in [-0.1, -0.05) is 26.7 Å². The average molecular weight is 270 g/mol. The van der Waals surface area contributed by atoms with Crippen LogP contribution in [0.2, 0.25) is 0 Å². The van der Waals surface area contributed by atoms with E-state index in [-0.39, 0.29) is 24.7 Å². The molecule has 1 atom stereocenters. The Kier molecular flexibility index (Phi) is 8.07. The lowest BCUT2D eigenvalue weighted by Gasteiger charge is -2.23. The van der Waals surface area contributed by atoms with Gasteiger partial charge in [0.15, 0.2) is 0 Å². The number of carbonyl (C=O) groups is 1. The summed E-state index contributed by atoms with van der Waals surface area (Å²) in [5.74, 6) is 0.765. The van der Waals surface area contributed by atoms with Crippen molar-refractivity contribution >= 4 is 5.91 Å². The van der Waals surface area contributed by atoms with Gasteiger partial charge in [0.1, 0.15) is 6.61 Å². The van der Waals surface area contributed by atoms with Crippen molar-refractivity contribution in [2.45, 2.75) is 65.0 Å². The Morgan fingerprint density at radius 1 is 1.26 bits per heavy atom. The zero-order valence-corrected chi connectivity index (χ0v) is 12.7. The second-order valence-corrected chi connectivity index (χ2v) is 6.05. The molecule has 1 aliphatic heterocycles. The third kappa shape index (κ3) is 8.22. The minimum atomic E-state index is 0.0237. The zero-order valence-electron chi connectivity index (χ0n) is 12.7. The fraction of sp³-hybridized carbons (Fsp3) is 0.933. The summed E-state index contributed by atoms with van der Waals surface area (Å²) in [6.45, 7) is 8.74. The largest absolute Gasteiger partial charge is 0.368 e. The number of hydrogen-bond donors (Lipinski definition) is 2. The van der Waals surface area contributed by atoms with Gasteiger partial charge in [-0.05, 0) is 45.2 Å². The van der Waals surface area contributed by atoms with Crippen LogP contribution in [-0.2, 0) is 9.53 Å². The van der Waals surface area contributed by atoms with Gasteiger partial charge in [0.05, 0.1) is 6.10 Å². The molecule has 1 unspecified atom stereocenters. The van der Waals surface area contributed by atoms with Crippen molar-refractivity contribution in [3.05, 3.63) is 0 Å². The Morgan fingerprint density at radius 2 is 1.95 bits per heavy atom. The van der Waals surface area contributed by atoms with E-state index in [0.29, 0.717) is 0 Å². The van der Waals surface area contributed by atoms with Crippen molar-refractivity contribution in [3.63, 3.8) is 0 Å². The predicted octanol–water partition coefficient (Wildman–Crippen LogP) is 2.09. The maximum absolute atomic E-state index is 11.7. The summed E-state index contributed by atoms with van der Waals surface area (Å²) in [4.78, 5) is 11.7. The van der Waals surface area contributed by atoms with Crippen LogP contribution in [0.5, 0.6) is 0 Å². The maximum Gasteiger partial charge on any atom is 0.246 e. The molecule has 1 heterocycles. The molecule has 1 saturated heterocycles. The second kappa shape index (κ2) is 9.32. The van der Waals surface area contributed by atoms with Crippen molar-refractivity contribution in [1.82, 2.24) is 10.6 Å². The quantitative estimate of drug-likeness (QED) is 0.710. The fourth-order valence-corrected chi connectivity index (χ4v) is 2.38. The number of ether oxygens (including phenoxy) is 1. The molecule has 2 N–H and O–H groups in total. The monoisotopic (exact) mass is 270 g/mol. The second-order valence-electron chi connectivity index (χ2n) is 6.05. The lowest BCUT2D eigenvalue weighted by Crippen LogP contribution is -2.38. The van der Waals surface area contributed by atoms with E-state index in [1.165, 1.54) is 12.8 Å². The van der Waals surface area contributed by atoms with E-state index >= 15 is 0 Å². The predicted molar refractivity (Wildman–Crippen MR) is 78.1 cm³/mol. The lowest BCUT2D eigenvalue weighted by atomic mass is 10.0. The number of amides is 1. The molecule has 1 amide bonds. The fourth-order valence-electron chi connectivity index (χ4n) is 2.38. The summed E-state index contributed by atoms with van der Waals surface area (Å²) in [5, 5.41) is 6.30. The van der Waals surface area contributed by atoms with Gasteiger partial charge in [-0.2, -0.15) is 0 Å². The van der Waals surface area contributed by atoms with E-state index in [2.05, 4.69) is 31.4 Å². The van der Waals surface area contributed by atoms with E-state index in [0.717, 1.165) is 38.3 Å². The van der Waals surface area contributed by atoms with E-state index in [4.69, 9.17) is 4.74 Å². The zero-order chi connectivity index (χ0) is 14.1. The number of piperidine rings is 1. The smallest absolute Gasteiger partial charge is 0.246 e. The van der Waals surface area contributed by atoms with Gasteiger partial charge in [-0.15, -0.1) is 0 Å². The van der Waals surface area contributed by atoms with E-state index in [1.807, 2.05) is 0 Å². The molecule has 4 nitrogen and oxygen atoms in total. The van der Waals surface area contributed by atoms with Crippen molar-refractivity contribution in [2.24, 2.45) is 5.92 Å². The highest BCUT2D eigenvalue weighted by Crippen LogP contribution is 2.09. The summed E-state index contributed by atoms with van der Waals surface area (Å²) in [7, 11) is 0. The van der Waals surface area contributed by atoms with Crippen LogP contribution in [0.15, 0.2) is 0 Å². The van der Waals surface area contributed by atoms with Crippen LogP contribution in [0.4, 0.5) is 0 Å². The molecule has 112 valence electrons. The molecule has 0 radical (unpaired) electrons. The van der Waals surface area contributed by atoms with Gasteiger partial charge >= 0.3 is 0 Å². The van der Waals surface area contributed by atoms with Crippen LogP contribution in [0, 0.1) is 5.92 Å². The van der Waals surface area contributed by atoms with Crippen molar-refractivity contribution in [1.29, 1.82) is 0 Å². The van der Waals surface area contributed by atoms with E-state index < -0.39 is 0 Å². The number of nitrogens with one attached hydrogen (secondary N) is 2. The van der Waals surface area contributed by atoms with Gasteiger partial charge in [0, 0.05) is 6.04 Å². The van der Waals surface area contributed by atoms with Gasteiger partial charge in [0.2, 0.25) is 5.91 Å². The molecule has 0 aliphatic carbocycles. The van der Waals surface area contributed by atoms with E-state index in [1.54, 1.807) is 0 Å². The highest BCUT2D eigenvalue weighted by atomic mass is 16.5. The molecular weight excluding hydrogens is 240 g/mol. The summed E-state index contributed by atoms with van der Waals surface area (Å²) in [6, 6.07) is 0.253. The topological polar surface area (TPSA) is 50.4 Å². The summed E-state index contributed by atoms with van der Waals surface area (Å²) >= 11 is 0. The molecule has 0 bridgehead atoms. The first kappa shape index (κ1) is 16.4. The molecule has 4 heteroatoms. The maximum atomic E-state index is 11.7. The minimum Gasteiger partial charge on any atom is -0.368 e. The minimum absolute atomic E-state index is 0.0237. The van der Waals surface area contributed by atoms with Crippen LogP contribution in [-0.4, -0.2) is 37.7 Å². The standard InChI is InChI=1S/C15H30N2O2/c1-12(2)5-4-6-13(3)17-15(18)11-19-14-7-9-16-10-8-14/h12-14,16H,4-11H2,1-3H3,(H,17,18). The Labute approximate surface area is 117 Å². The third-order valence-electron chi connectivity index (χ3n) is 3.56. The molecule has 0 saturated carbocycles. The number of rotatable bonds is 8. The Morgan fingerprint density at radius 3 is 2.58 bits per heavy atom. The Balaban J connectivity index is 2.05. The molecule has 1 rings (SSSR count). The van der Waals surface area contributed by atoms with Crippen molar-refractivity contribution in [3.8, 4) is 0 Å². The third-order valence-corrected chi connectivity index (χ3v) is 3.56. The van der Waals surface area contributed by atoms with Crippen LogP contribution in [0.3, 0.4) is 0 Å². The SMILES string of the molecule is CC(C)CCCC(C)NC(=O)COC1CCNCC1. The van der Waals surface area contributed by atoms with Crippen LogP contribution < -0.4 is 10.6 Å². The molecule has 1 aliphatic rings. The first-order valence-corrected chi connectivity index (χ1v) is 7.69. The molecule has 1 fully saturated rings. The van der Waals surface area contributed by atoms with Crippen molar-refractivity contribution < 1.29 is 9.53 Å². The lowest BCUT2D eigenvalue weighted by molar-refractivity contribution is -0.128. The van der Waals surface area contributed by atoms with Crippen LogP contribution in [0.1, 0.15) is 52.9 Å². The summed E-state index contributed by atoms with van der Waals surface area (Å²) in [5.41, 5.74) is 0. The molecule has 0 aromatic heterocycles. The van der Waals surface area contributed by atoms with Gasteiger partial charge in [-0.25, -0.2) is 0 Å². The first-order valence-electron chi connectivity index (χ1n) is 7.69. The molecule has 0 aromatic carbocycles. The number of carbonyl (C=O) groups excluding carboxylic acids is 1. The van der Waals surface area contributed by atoms with Gasteiger partial charge < -0.3 is 15.4 Å². The average Bonchev–Trinajstić information content (AvgIpc) is 2.37. The van der Waals surface area contributed by atoms with Crippen LogP contribution in [0.25, 0.3) is 0 Å². The Hall–Kier alpha value is -0.610. The Bertz CT molecular complexity index is 251. The van der Waals surface area contributed by atoms with Gasteiger partial charge in [-0.3, -0.25) is 4.79 Å². The first-order chi connectivity index (χ1) is 9.08. The van der Waals surface area contributed by atoms with E-state index in [9.17, 15) is 4.79 Å². The molecular formula is C15H30N2O2. The molecule has 0 spiro atoms.